The first kappa shape index (κ1) is 15.8. The van der Waals surface area contributed by atoms with E-state index in [-0.39, 0.29) is 0 Å². The summed E-state index contributed by atoms with van der Waals surface area (Å²) in [7, 11) is 0. The summed E-state index contributed by atoms with van der Waals surface area (Å²) < 4.78 is 1.52. The first-order chi connectivity index (χ1) is 10.4. The number of hydrogen-bond donors (Lipinski definition) is 0. The van der Waals surface area contributed by atoms with Gasteiger partial charge in [-0.3, -0.25) is 0 Å². The monoisotopic (exact) mass is 355 g/mol. The Kier molecular flexibility index (Phi) is 4.45. The Morgan fingerprint density at radius 1 is 1.05 bits per heavy atom. The molecular weight excluding hydrogens is 327 g/mol. The van der Waals surface area contributed by atoms with Crippen molar-refractivity contribution >= 4 is 17.7 Å². The Labute approximate surface area is 137 Å². The second-order valence-corrected chi connectivity index (χ2v) is 18.3. The Morgan fingerprint density at radius 3 is 2.41 bits per heavy atom. The normalized spacial score (nSPS) is 16.2. The topological polar surface area (TPSA) is 12.9 Å². The van der Waals surface area contributed by atoms with Crippen LogP contribution in [0.3, 0.4) is 0 Å². The first-order valence-corrected chi connectivity index (χ1v) is 15.9. The van der Waals surface area contributed by atoms with E-state index in [4.69, 9.17) is 4.98 Å². The number of aromatic nitrogens is 1. The minimum absolute atomic E-state index is 0.768. The van der Waals surface area contributed by atoms with Crippen molar-refractivity contribution in [2.45, 2.75) is 55.8 Å². The molecule has 1 nitrogen and oxygen atoms in total. The van der Waals surface area contributed by atoms with Crippen LogP contribution in [0.15, 0.2) is 36.5 Å². The third-order valence-corrected chi connectivity index (χ3v) is 9.42. The van der Waals surface area contributed by atoms with Crippen LogP contribution in [0, 0.1) is 6.92 Å². The van der Waals surface area contributed by atoms with Crippen molar-refractivity contribution in [2.24, 2.45) is 0 Å². The van der Waals surface area contributed by atoms with Gasteiger partial charge in [-0.2, -0.15) is 0 Å². The third kappa shape index (κ3) is 3.30. The molecule has 1 aliphatic carbocycles. The summed E-state index contributed by atoms with van der Waals surface area (Å²) >= 11 is -1.80. The summed E-state index contributed by atoms with van der Waals surface area (Å²) in [6, 6.07) is 11.4. The van der Waals surface area contributed by atoms with E-state index in [0.717, 1.165) is 11.6 Å². The van der Waals surface area contributed by atoms with E-state index in [1.165, 1.54) is 46.8 Å². The zero-order valence-electron chi connectivity index (χ0n) is 14.3. The number of pyridine rings is 1. The summed E-state index contributed by atoms with van der Waals surface area (Å²) in [5.41, 5.74) is 5.34. The number of aryl methyl sites for hydroxylation is 1. The van der Waals surface area contributed by atoms with Gasteiger partial charge in [0.2, 0.25) is 0 Å². The molecule has 0 radical (unpaired) electrons. The first-order valence-electron chi connectivity index (χ1n) is 8.52. The standard InChI is InChI=1S/C20H27GeN/c1-15-12-20(22-14-19(15)21(2,3)4)18-11-7-10-17(13-18)16-8-5-6-9-16/h7,10-14,16H,5-6,8-9H2,1-4H3. The van der Waals surface area contributed by atoms with Crippen LogP contribution in [0.25, 0.3) is 11.3 Å². The van der Waals surface area contributed by atoms with Crippen molar-refractivity contribution in [3.63, 3.8) is 0 Å². The summed E-state index contributed by atoms with van der Waals surface area (Å²) in [4.78, 5) is 4.79. The molecule has 0 unspecified atom stereocenters. The molecule has 1 aromatic carbocycles. The van der Waals surface area contributed by atoms with E-state index in [9.17, 15) is 0 Å². The van der Waals surface area contributed by atoms with Gasteiger partial charge in [0.25, 0.3) is 0 Å². The van der Waals surface area contributed by atoms with Crippen LogP contribution in [-0.2, 0) is 0 Å². The molecule has 1 aromatic heterocycles. The molecule has 2 aromatic rings. The van der Waals surface area contributed by atoms with Crippen molar-refractivity contribution in [1.29, 1.82) is 0 Å². The van der Waals surface area contributed by atoms with Crippen LogP contribution in [-0.4, -0.2) is 18.3 Å². The molecule has 3 rings (SSSR count). The van der Waals surface area contributed by atoms with E-state index in [1.807, 2.05) is 0 Å². The molecule has 0 N–H and O–H groups in total. The van der Waals surface area contributed by atoms with Gasteiger partial charge in [0, 0.05) is 0 Å². The van der Waals surface area contributed by atoms with Crippen molar-refractivity contribution in [2.75, 3.05) is 0 Å². The van der Waals surface area contributed by atoms with Gasteiger partial charge < -0.3 is 0 Å². The predicted octanol–water partition coefficient (Wildman–Crippen LogP) is 5.26. The van der Waals surface area contributed by atoms with Crippen LogP contribution in [0.1, 0.15) is 42.7 Å². The van der Waals surface area contributed by atoms with Gasteiger partial charge in [-0.05, 0) is 0 Å². The zero-order valence-corrected chi connectivity index (χ0v) is 16.4. The second kappa shape index (κ2) is 6.19. The fraction of sp³-hybridized carbons (Fsp3) is 0.450. The van der Waals surface area contributed by atoms with Crippen LogP contribution in [0.5, 0.6) is 0 Å². The van der Waals surface area contributed by atoms with Crippen molar-refractivity contribution in [3.05, 3.63) is 47.7 Å². The van der Waals surface area contributed by atoms with Crippen molar-refractivity contribution < 1.29 is 0 Å². The van der Waals surface area contributed by atoms with Crippen LogP contribution < -0.4 is 4.40 Å². The SMILES string of the molecule is Cc1cc(-c2cccc(C3CCCC3)c2)nc[c]1[Ge]([CH3])([CH3])[CH3]. The number of hydrogen-bond acceptors (Lipinski definition) is 1. The Bertz CT molecular complexity index is 664. The average molecular weight is 354 g/mol. The van der Waals surface area contributed by atoms with Crippen LogP contribution >= 0.6 is 0 Å². The molecule has 0 bridgehead atoms. The Balaban J connectivity index is 1.94. The van der Waals surface area contributed by atoms with Gasteiger partial charge in [-0.25, -0.2) is 0 Å². The predicted molar refractivity (Wildman–Crippen MR) is 98.6 cm³/mol. The molecule has 2 heteroatoms. The van der Waals surface area contributed by atoms with E-state index in [2.05, 4.69) is 60.7 Å². The Morgan fingerprint density at radius 2 is 1.77 bits per heavy atom. The van der Waals surface area contributed by atoms with Crippen molar-refractivity contribution in [3.8, 4) is 11.3 Å². The summed E-state index contributed by atoms with van der Waals surface area (Å²) in [6.45, 7) is 2.25. The minimum atomic E-state index is -1.80. The molecule has 1 aliphatic rings. The maximum atomic E-state index is 4.79. The van der Waals surface area contributed by atoms with Gasteiger partial charge in [0.15, 0.2) is 0 Å². The Hall–Kier alpha value is -1.09. The summed E-state index contributed by atoms with van der Waals surface area (Å²) in [6.07, 6.45) is 7.63. The van der Waals surface area contributed by atoms with Gasteiger partial charge in [-0.1, -0.05) is 0 Å². The molecule has 0 spiro atoms. The molecule has 22 heavy (non-hydrogen) atoms. The number of nitrogens with zero attached hydrogens (tertiary/aromatic N) is 1. The third-order valence-electron chi connectivity index (χ3n) is 4.93. The van der Waals surface area contributed by atoms with Crippen LogP contribution in [0.4, 0.5) is 0 Å². The number of rotatable bonds is 3. The molecule has 0 saturated heterocycles. The van der Waals surface area contributed by atoms with Gasteiger partial charge in [0.05, 0.1) is 0 Å². The summed E-state index contributed by atoms with van der Waals surface area (Å²) in [5, 5.41) is 0. The summed E-state index contributed by atoms with van der Waals surface area (Å²) in [5.74, 6) is 8.07. The van der Waals surface area contributed by atoms with E-state index >= 15 is 0 Å². The maximum absolute atomic E-state index is 4.79. The number of benzene rings is 1. The van der Waals surface area contributed by atoms with Gasteiger partial charge in [-0.15, -0.1) is 0 Å². The van der Waals surface area contributed by atoms with Crippen LogP contribution in [0.2, 0.25) is 17.3 Å². The molecule has 0 atom stereocenters. The molecule has 1 heterocycles. The molecule has 1 saturated carbocycles. The fourth-order valence-corrected chi connectivity index (χ4v) is 7.29. The zero-order chi connectivity index (χ0) is 15.7. The quantitative estimate of drug-likeness (QED) is 0.686. The van der Waals surface area contributed by atoms with E-state index < -0.39 is 13.3 Å². The molecule has 0 aliphatic heterocycles. The van der Waals surface area contributed by atoms with E-state index in [1.54, 1.807) is 0 Å². The average Bonchev–Trinajstić information content (AvgIpc) is 3.00. The molecule has 0 amide bonds. The molecule has 1 fully saturated rings. The van der Waals surface area contributed by atoms with Gasteiger partial charge >= 0.3 is 137 Å². The fourth-order valence-electron chi connectivity index (χ4n) is 3.71. The van der Waals surface area contributed by atoms with E-state index in [0.29, 0.717) is 0 Å². The molecular formula is C20H27GeN. The second-order valence-electron chi connectivity index (χ2n) is 7.74. The van der Waals surface area contributed by atoms with Crippen molar-refractivity contribution in [1.82, 2.24) is 4.98 Å². The van der Waals surface area contributed by atoms with Gasteiger partial charge in [0.1, 0.15) is 0 Å². The molecule has 116 valence electrons.